The molecule has 7 heteroatoms. The van der Waals surface area contributed by atoms with Crippen LogP contribution in [0.5, 0.6) is 0 Å². The predicted octanol–water partition coefficient (Wildman–Crippen LogP) is 2.96. The summed E-state index contributed by atoms with van der Waals surface area (Å²) in [6.07, 6.45) is 1.90. The average molecular weight is 413 g/mol. The molecule has 3 aromatic rings. The topological polar surface area (TPSA) is 70.8 Å². The van der Waals surface area contributed by atoms with Crippen molar-refractivity contribution < 1.29 is 17.6 Å². The molecule has 4 rings (SSSR count). The highest BCUT2D eigenvalue weighted by molar-refractivity contribution is 7.88. The van der Waals surface area contributed by atoms with E-state index in [0.29, 0.717) is 26.2 Å². The smallest absolute Gasteiger partial charge is 0.227 e. The van der Waals surface area contributed by atoms with Crippen molar-refractivity contribution in [3.63, 3.8) is 0 Å². The van der Waals surface area contributed by atoms with Crippen molar-refractivity contribution in [2.24, 2.45) is 0 Å². The first-order chi connectivity index (χ1) is 13.9. The fraction of sp³-hybridized carbons (Fsp3) is 0.318. The lowest BCUT2D eigenvalue weighted by atomic mass is 10.1. The van der Waals surface area contributed by atoms with Gasteiger partial charge in [-0.3, -0.25) is 4.79 Å². The summed E-state index contributed by atoms with van der Waals surface area (Å²) in [5, 5.41) is 0.952. The normalized spacial score (nSPS) is 15.7. The van der Waals surface area contributed by atoms with Crippen LogP contribution < -0.4 is 0 Å². The van der Waals surface area contributed by atoms with Gasteiger partial charge in [0.25, 0.3) is 0 Å². The number of benzene rings is 2. The van der Waals surface area contributed by atoms with Gasteiger partial charge in [0.2, 0.25) is 15.9 Å². The summed E-state index contributed by atoms with van der Waals surface area (Å²) < 4.78 is 32.4. The zero-order valence-electron chi connectivity index (χ0n) is 16.4. The molecule has 0 bridgehead atoms. The highest BCUT2D eigenvalue weighted by Gasteiger charge is 2.29. The maximum Gasteiger partial charge on any atom is 0.227 e. The maximum atomic E-state index is 12.7. The van der Waals surface area contributed by atoms with E-state index in [0.717, 1.165) is 27.7 Å². The Labute approximate surface area is 170 Å². The summed E-state index contributed by atoms with van der Waals surface area (Å²) in [6, 6.07) is 15.1. The number of rotatable bonds is 5. The lowest BCUT2D eigenvalue weighted by Crippen LogP contribution is -2.51. The summed E-state index contributed by atoms with van der Waals surface area (Å²) >= 11 is 0. The van der Waals surface area contributed by atoms with E-state index in [1.807, 2.05) is 55.5 Å². The highest BCUT2D eigenvalue weighted by Crippen LogP contribution is 2.23. The molecule has 2 heterocycles. The van der Waals surface area contributed by atoms with E-state index in [9.17, 15) is 13.2 Å². The number of carbonyl (C=O) groups excluding carboxylic acids is 1. The van der Waals surface area contributed by atoms with E-state index in [1.165, 1.54) is 4.31 Å². The zero-order chi connectivity index (χ0) is 20.4. The molecule has 0 saturated carbocycles. The third kappa shape index (κ3) is 4.36. The number of furan rings is 1. The molecular weight excluding hydrogens is 388 g/mol. The molecule has 0 radical (unpaired) electrons. The zero-order valence-corrected chi connectivity index (χ0v) is 17.2. The largest absolute Gasteiger partial charge is 0.464 e. The molecule has 0 N–H and O–H groups in total. The molecule has 1 amide bonds. The number of sulfonamides is 1. The van der Waals surface area contributed by atoms with Crippen molar-refractivity contribution in [3.05, 3.63) is 71.5 Å². The Balaban J connectivity index is 1.37. The Kier molecular flexibility index (Phi) is 5.43. The number of nitrogens with zero attached hydrogens (tertiary/aromatic N) is 2. The fourth-order valence-electron chi connectivity index (χ4n) is 3.69. The van der Waals surface area contributed by atoms with E-state index in [4.69, 9.17) is 4.42 Å². The third-order valence-corrected chi connectivity index (χ3v) is 7.18. The first-order valence-electron chi connectivity index (χ1n) is 9.69. The molecule has 1 aromatic heterocycles. The van der Waals surface area contributed by atoms with Crippen LogP contribution in [0, 0.1) is 6.92 Å². The van der Waals surface area contributed by atoms with Crippen LogP contribution >= 0.6 is 0 Å². The molecule has 0 spiro atoms. The number of hydrogen-bond donors (Lipinski definition) is 0. The minimum absolute atomic E-state index is 0.00613. The van der Waals surface area contributed by atoms with Gasteiger partial charge in [0.1, 0.15) is 5.58 Å². The monoisotopic (exact) mass is 412 g/mol. The van der Waals surface area contributed by atoms with Crippen LogP contribution in [0.2, 0.25) is 0 Å². The maximum absolute atomic E-state index is 12.7. The van der Waals surface area contributed by atoms with Gasteiger partial charge >= 0.3 is 0 Å². The van der Waals surface area contributed by atoms with E-state index < -0.39 is 10.0 Å². The minimum atomic E-state index is -3.39. The molecular formula is C22H24N2O4S. The molecule has 6 nitrogen and oxygen atoms in total. The summed E-state index contributed by atoms with van der Waals surface area (Å²) in [5.41, 5.74) is 3.53. The quantitative estimate of drug-likeness (QED) is 0.646. The first kappa shape index (κ1) is 19.7. The molecule has 0 unspecified atom stereocenters. The minimum Gasteiger partial charge on any atom is -0.464 e. The van der Waals surface area contributed by atoms with Crippen molar-refractivity contribution in [2.75, 3.05) is 26.2 Å². The number of piperazine rings is 1. The van der Waals surface area contributed by atoms with Gasteiger partial charge in [0.15, 0.2) is 0 Å². The van der Waals surface area contributed by atoms with Crippen molar-refractivity contribution in [1.29, 1.82) is 0 Å². The van der Waals surface area contributed by atoms with Crippen LogP contribution in [-0.4, -0.2) is 49.7 Å². The molecule has 152 valence electrons. The summed E-state index contributed by atoms with van der Waals surface area (Å²) in [5.74, 6) is -0.0178. The summed E-state index contributed by atoms with van der Waals surface area (Å²) in [6.45, 7) is 3.46. The van der Waals surface area contributed by atoms with Gasteiger partial charge in [0, 0.05) is 37.1 Å². The Morgan fingerprint density at radius 3 is 2.48 bits per heavy atom. The molecule has 1 fully saturated rings. The first-order valence-corrected chi connectivity index (χ1v) is 11.3. The van der Waals surface area contributed by atoms with Gasteiger partial charge < -0.3 is 9.32 Å². The van der Waals surface area contributed by atoms with Crippen LogP contribution in [0.4, 0.5) is 0 Å². The Morgan fingerprint density at radius 2 is 1.76 bits per heavy atom. The molecule has 2 aromatic carbocycles. The standard InChI is InChI=1S/C22H24N2O4S/c1-17-7-8-20-19(15-28-21(20)13-17)14-22(25)23-9-11-24(12-10-23)29(26,27)16-18-5-3-2-4-6-18/h2-8,13,15H,9-12,14,16H2,1H3. The Morgan fingerprint density at radius 1 is 1.03 bits per heavy atom. The van der Waals surface area contributed by atoms with E-state index in [1.54, 1.807) is 11.2 Å². The van der Waals surface area contributed by atoms with Crippen molar-refractivity contribution in [3.8, 4) is 0 Å². The Hall–Kier alpha value is -2.64. The van der Waals surface area contributed by atoms with Crippen LogP contribution in [0.3, 0.4) is 0 Å². The lowest BCUT2D eigenvalue weighted by Gasteiger charge is -2.34. The number of hydrogen-bond acceptors (Lipinski definition) is 4. The predicted molar refractivity (Wildman–Crippen MR) is 112 cm³/mol. The molecule has 1 aliphatic rings. The second-order valence-electron chi connectivity index (χ2n) is 7.46. The molecule has 0 aliphatic carbocycles. The summed E-state index contributed by atoms with van der Waals surface area (Å²) in [7, 11) is -3.39. The second kappa shape index (κ2) is 8.00. The molecule has 1 aliphatic heterocycles. The SMILES string of the molecule is Cc1ccc2c(CC(=O)N3CCN(S(=O)(=O)Cc4ccccc4)CC3)coc2c1. The van der Waals surface area contributed by atoms with E-state index >= 15 is 0 Å². The van der Waals surface area contributed by atoms with Gasteiger partial charge in [-0.25, -0.2) is 8.42 Å². The van der Waals surface area contributed by atoms with Gasteiger partial charge in [-0.15, -0.1) is 0 Å². The molecule has 1 saturated heterocycles. The van der Waals surface area contributed by atoms with Crippen molar-refractivity contribution >= 4 is 26.9 Å². The van der Waals surface area contributed by atoms with Gasteiger partial charge in [-0.05, 0) is 24.1 Å². The van der Waals surface area contributed by atoms with Crippen LogP contribution in [-0.2, 0) is 27.0 Å². The Bertz CT molecular complexity index is 1110. The highest BCUT2D eigenvalue weighted by atomic mass is 32.2. The van der Waals surface area contributed by atoms with Gasteiger partial charge in [-0.2, -0.15) is 4.31 Å². The van der Waals surface area contributed by atoms with Crippen molar-refractivity contribution in [1.82, 2.24) is 9.21 Å². The van der Waals surface area contributed by atoms with Crippen molar-refractivity contribution in [2.45, 2.75) is 19.1 Å². The summed E-state index contributed by atoms with van der Waals surface area (Å²) in [4.78, 5) is 14.5. The number of fused-ring (bicyclic) bond motifs is 1. The van der Waals surface area contributed by atoms with Crippen LogP contribution in [0.25, 0.3) is 11.0 Å². The van der Waals surface area contributed by atoms with Crippen LogP contribution in [0.15, 0.2) is 59.2 Å². The van der Waals surface area contributed by atoms with Gasteiger partial charge in [-0.1, -0.05) is 42.5 Å². The number of aryl methyl sites for hydroxylation is 1. The van der Waals surface area contributed by atoms with Gasteiger partial charge in [0.05, 0.1) is 18.4 Å². The number of amides is 1. The van der Waals surface area contributed by atoms with E-state index in [2.05, 4.69) is 0 Å². The molecule has 0 atom stereocenters. The van der Waals surface area contributed by atoms with Crippen LogP contribution in [0.1, 0.15) is 16.7 Å². The van der Waals surface area contributed by atoms with E-state index in [-0.39, 0.29) is 18.1 Å². The third-order valence-electron chi connectivity index (χ3n) is 5.33. The average Bonchev–Trinajstić information content (AvgIpc) is 3.10. The lowest BCUT2D eigenvalue weighted by molar-refractivity contribution is -0.131. The second-order valence-corrected chi connectivity index (χ2v) is 9.43. The fourth-order valence-corrected chi connectivity index (χ4v) is 5.21. The molecule has 29 heavy (non-hydrogen) atoms. The number of carbonyl (C=O) groups is 1.